The largest absolute Gasteiger partial charge is 0.208 e. The van der Waals surface area contributed by atoms with Crippen LogP contribution in [0.2, 0.25) is 0 Å². The van der Waals surface area contributed by atoms with Gasteiger partial charge in [-0.2, -0.15) is 0 Å². The molecule has 0 unspecified atom stereocenters. The zero-order valence-corrected chi connectivity index (χ0v) is 24.0. The molecule has 0 radical (unpaired) electrons. The molecule has 202 valence electrons. The summed E-state index contributed by atoms with van der Waals surface area (Å²) in [5.41, 5.74) is 7.81. The van der Waals surface area contributed by atoms with Crippen LogP contribution in [0.4, 0.5) is 0 Å². The number of fused-ring (bicyclic) bond motifs is 3. The van der Waals surface area contributed by atoms with E-state index in [-0.39, 0.29) is 0 Å². The number of benzene rings is 6. The molecule has 0 fully saturated rings. The van der Waals surface area contributed by atoms with Crippen molar-refractivity contribution < 1.29 is 0 Å². The lowest BCUT2D eigenvalue weighted by atomic mass is 9.99. The Morgan fingerprint density at radius 2 is 0.651 bits per heavy atom. The molecule has 0 saturated heterocycles. The molecule has 0 saturated carbocycles. The van der Waals surface area contributed by atoms with Gasteiger partial charge in [0.25, 0.3) is 0 Å². The monoisotopic (exact) mass is 567 g/mol. The maximum Gasteiger partial charge on any atom is 0.164 e. The van der Waals surface area contributed by atoms with Crippen molar-refractivity contribution in [2.24, 2.45) is 0 Å². The van der Waals surface area contributed by atoms with Crippen LogP contribution in [0.1, 0.15) is 0 Å². The minimum Gasteiger partial charge on any atom is -0.208 e. The SMILES string of the molecule is c1ccc(-c2ccc(-c3ccc4c(c3)sc3cc(-c5nc(-c6ccccc6)nc(-c6ccccc6)n5)ccc34)cc2)cc1. The maximum atomic E-state index is 4.93. The van der Waals surface area contributed by atoms with Crippen LogP contribution in [-0.2, 0) is 0 Å². The highest BCUT2D eigenvalue weighted by molar-refractivity contribution is 7.25. The normalized spacial score (nSPS) is 11.3. The summed E-state index contributed by atoms with van der Waals surface area (Å²) in [5, 5.41) is 2.51. The summed E-state index contributed by atoms with van der Waals surface area (Å²) in [5.74, 6) is 2.01. The lowest BCUT2D eigenvalue weighted by Gasteiger charge is -2.08. The lowest BCUT2D eigenvalue weighted by molar-refractivity contribution is 1.07. The van der Waals surface area contributed by atoms with Crippen molar-refractivity contribution in [3.63, 3.8) is 0 Å². The Labute approximate surface area is 253 Å². The first kappa shape index (κ1) is 25.3. The van der Waals surface area contributed by atoms with Gasteiger partial charge in [-0.25, -0.2) is 15.0 Å². The van der Waals surface area contributed by atoms with E-state index in [1.165, 1.54) is 42.4 Å². The van der Waals surface area contributed by atoms with Crippen LogP contribution in [0, 0.1) is 0 Å². The summed E-state index contributed by atoms with van der Waals surface area (Å²) in [4.78, 5) is 14.7. The zero-order valence-electron chi connectivity index (χ0n) is 23.2. The Morgan fingerprint density at radius 3 is 1.16 bits per heavy atom. The van der Waals surface area contributed by atoms with Gasteiger partial charge in [0.2, 0.25) is 0 Å². The van der Waals surface area contributed by atoms with E-state index < -0.39 is 0 Å². The number of thiophene rings is 1. The Kier molecular flexibility index (Phi) is 6.32. The summed E-state index contributed by atoms with van der Waals surface area (Å²) >= 11 is 1.81. The van der Waals surface area contributed by atoms with Crippen LogP contribution in [0.25, 0.3) is 76.6 Å². The van der Waals surface area contributed by atoms with Crippen molar-refractivity contribution in [1.82, 2.24) is 15.0 Å². The number of hydrogen-bond donors (Lipinski definition) is 0. The van der Waals surface area contributed by atoms with E-state index in [9.17, 15) is 0 Å². The molecule has 4 heteroatoms. The summed E-state index contributed by atoms with van der Waals surface area (Å²) in [6.45, 7) is 0. The number of aromatic nitrogens is 3. The van der Waals surface area contributed by atoms with Crippen LogP contribution < -0.4 is 0 Å². The molecule has 0 bridgehead atoms. The van der Waals surface area contributed by atoms with E-state index in [1.807, 2.05) is 72.0 Å². The van der Waals surface area contributed by atoms with Gasteiger partial charge in [-0.1, -0.05) is 140 Å². The topological polar surface area (TPSA) is 38.7 Å². The predicted molar refractivity (Wildman–Crippen MR) is 180 cm³/mol. The second-order valence-corrected chi connectivity index (χ2v) is 11.6. The predicted octanol–water partition coefficient (Wildman–Crippen LogP) is 10.6. The first-order chi connectivity index (χ1) is 21.3. The van der Waals surface area contributed by atoms with Crippen molar-refractivity contribution in [3.8, 4) is 56.4 Å². The van der Waals surface area contributed by atoms with Gasteiger partial charge in [0.05, 0.1) is 0 Å². The van der Waals surface area contributed by atoms with Crippen LogP contribution >= 0.6 is 11.3 Å². The molecule has 0 atom stereocenters. The highest BCUT2D eigenvalue weighted by Gasteiger charge is 2.14. The van der Waals surface area contributed by atoms with Crippen molar-refractivity contribution >= 4 is 31.5 Å². The molecule has 2 heterocycles. The van der Waals surface area contributed by atoms with Gasteiger partial charge < -0.3 is 0 Å². The lowest BCUT2D eigenvalue weighted by Crippen LogP contribution is -1.99. The molecule has 0 aliphatic carbocycles. The summed E-state index contributed by atoms with van der Waals surface area (Å²) in [7, 11) is 0. The van der Waals surface area contributed by atoms with E-state index in [1.54, 1.807) is 0 Å². The van der Waals surface area contributed by atoms with Gasteiger partial charge in [-0.05, 0) is 34.4 Å². The molecule has 0 aliphatic rings. The standard InChI is InChI=1S/C39H25N3S/c1-4-10-26(11-5-1)27-16-18-28(19-17-27)31-20-22-33-34-23-21-32(25-36(34)43-35(33)24-31)39-41-37(29-12-6-2-7-13-29)40-38(42-39)30-14-8-3-9-15-30/h1-25H. The molecule has 8 rings (SSSR count). The van der Waals surface area contributed by atoms with E-state index >= 15 is 0 Å². The van der Waals surface area contributed by atoms with Gasteiger partial charge in [0.1, 0.15) is 0 Å². The molecule has 0 aliphatic heterocycles. The third kappa shape index (κ3) is 4.88. The molecule has 6 aromatic carbocycles. The summed E-state index contributed by atoms with van der Waals surface area (Å²) in [6.07, 6.45) is 0. The molecule has 3 nitrogen and oxygen atoms in total. The van der Waals surface area contributed by atoms with Crippen LogP contribution in [0.5, 0.6) is 0 Å². The van der Waals surface area contributed by atoms with Crippen molar-refractivity contribution in [1.29, 1.82) is 0 Å². The first-order valence-corrected chi connectivity index (χ1v) is 15.1. The van der Waals surface area contributed by atoms with Crippen molar-refractivity contribution in [2.75, 3.05) is 0 Å². The smallest absolute Gasteiger partial charge is 0.164 e. The Hall–Kier alpha value is -5.45. The summed E-state index contributed by atoms with van der Waals surface area (Å²) in [6, 6.07) is 52.9. The van der Waals surface area contributed by atoms with Crippen molar-refractivity contribution in [3.05, 3.63) is 152 Å². The van der Waals surface area contributed by atoms with Crippen molar-refractivity contribution in [2.45, 2.75) is 0 Å². The summed E-state index contributed by atoms with van der Waals surface area (Å²) < 4.78 is 2.48. The van der Waals surface area contributed by atoms with E-state index in [2.05, 4.69) is 91.0 Å². The zero-order chi connectivity index (χ0) is 28.6. The van der Waals surface area contributed by atoms with Crippen LogP contribution in [-0.4, -0.2) is 15.0 Å². The fourth-order valence-corrected chi connectivity index (χ4v) is 6.70. The molecule has 0 amide bonds. The average Bonchev–Trinajstić information content (AvgIpc) is 3.46. The Morgan fingerprint density at radius 1 is 0.302 bits per heavy atom. The quantitative estimate of drug-likeness (QED) is 0.208. The van der Waals surface area contributed by atoms with E-state index in [0.29, 0.717) is 17.5 Å². The van der Waals surface area contributed by atoms with Gasteiger partial charge in [-0.15, -0.1) is 11.3 Å². The molecule has 0 spiro atoms. The van der Waals surface area contributed by atoms with E-state index in [4.69, 9.17) is 15.0 Å². The fraction of sp³-hybridized carbons (Fsp3) is 0. The molecule has 8 aromatic rings. The Balaban J connectivity index is 1.19. The minimum absolute atomic E-state index is 0.670. The maximum absolute atomic E-state index is 4.93. The third-order valence-corrected chi connectivity index (χ3v) is 8.87. The number of nitrogens with zero attached hydrogens (tertiary/aromatic N) is 3. The van der Waals surface area contributed by atoms with Crippen LogP contribution in [0.3, 0.4) is 0 Å². The molecule has 2 aromatic heterocycles. The molecule has 0 N–H and O–H groups in total. The molecular formula is C39H25N3S. The average molecular weight is 568 g/mol. The van der Waals surface area contributed by atoms with Gasteiger partial charge in [-0.3, -0.25) is 0 Å². The Bertz CT molecular complexity index is 2150. The fourth-order valence-electron chi connectivity index (χ4n) is 5.52. The van der Waals surface area contributed by atoms with Gasteiger partial charge in [0, 0.05) is 36.9 Å². The number of rotatable bonds is 5. The second kappa shape index (κ2) is 10.8. The van der Waals surface area contributed by atoms with Gasteiger partial charge in [0.15, 0.2) is 17.5 Å². The molecular weight excluding hydrogens is 543 g/mol. The van der Waals surface area contributed by atoms with E-state index in [0.717, 1.165) is 16.7 Å². The highest BCUT2D eigenvalue weighted by atomic mass is 32.1. The highest BCUT2D eigenvalue weighted by Crippen LogP contribution is 2.38. The molecule has 43 heavy (non-hydrogen) atoms. The van der Waals surface area contributed by atoms with Crippen LogP contribution in [0.15, 0.2) is 152 Å². The second-order valence-electron chi connectivity index (χ2n) is 10.5. The third-order valence-electron chi connectivity index (χ3n) is 7.76. The number of hydrogen-bond acceptors (Lipinski definition) is 4. The minimum atomic E-state index is 0.670. The first-order valence-electron chi connectivity index (χ1n) is 14.3. The van der Waals surface area contributed by atoms with Gasteiger partial charge >= 0.3 is 0 Å².